The van der Waals surface area contributed by atoms with Crippen LogP contribution in [0.3, 0.4) is 0 Å². The highest BCUT2D eigenvalue weighted by atomic mass is 19.4. The van der Waals surface area contributed by atoms with Gasteiger partial charge in [0.25, 0.3) is 0 Å². The number of nitrogens with zero attached hydrogens (tertiary/aromatic N) is 1. The molecule has 0 amide bonds. The average Bonchev–Trinajstić information content (AvgIpc) is 2.62. The van der Waals surface area contributed by atoms with Gasteiger partial charge in [-0.2, -0.15) is 13.2 Å². The summed E-state index contributed by atoms with van der Waals surface area (Å²) < 4.78 is 37.9. The third-order valence-corrected chi connectivity index (χ3v) is 4.56. The van der Waals surface area contributed by atoms with Crippen molar-refractivity contribution in [3.63, 3.8) is 0 Å². The Balaban J connectivity index is 1.58. The number of hydrogen-bond acceptors (Lipinski definition) is 3. The van der Waals surface area contributed by atoms with Gasteiger partial charge in [0.1, 0.15) is 0 Å². The number of benzene rings is 2. The van der Waals surface area contributed by atoms with E-state index < -0.39 is 11.7 Å². The lowest BCUT2D eigenvalue weighted by atomic mass is 10.0. The van der Waals surface area contributed by atoms with Crippen molar-refractivity contribution in [2.45, 2.75) is 31.6 Å². The summed E-state index contributed by atoms with van der Waals surface area (Å²) in [6.07, 6.45) is -2.50. The van der Waals surface area contributed by atoms with Gasteiger partial charge >= 0.3 is 6.18 Å². The van der Waals surface area contributed by atoms with Crippen LogP contribution >= 0.6 is 0 Å². The van der Waals surface area contributed by atoms with Crippen LogP contribution in [0.4, 0.5) is 24.5 Å². The first kappa shape index (κ1) is 17.6. The van der Waals surface area contributed by atoms with Gasteiger partial charge in [-0.05, 0) is 42.7 Å². The van der Waals surface area contributed by atoms with Crippen LogP contribution in [0, 0.1) is 6.07 Å². The number of rotatable bonds is 4. The molecule has 0 saturated carbocycles. The van der Waals surface area contributed by atoms with E-state index in [1.54, 1.807) is 0 Å². The van der Waals surface area contributed by atoms with E-state index in [1.807, 2.05) is 24.3 Å². The largest absolute Gasteiger partial charge is 0.416 e. The summed E-state index contributed by atoms with van der Waals surface area (Å²) >= 11 is 0. The van der Waals surface area contributed by atoms with Crippen LogP contribution in [0.5, 0.6) is 0 Å². The van der Waals surface area contributed by atoms with E-state index in [2.05, 4.69) is 16.3 Å². The maximum Gasteiger partial charge on any atom is 0.416 e. The molecule has 2 aromatic rings. The van der Waals surface area contributed by atoms with Crippen molar-refractivity contribution in [3.8, 4) is 0 Å². The van der Waals surface area contributed by atoms with E-state index in [-0.39, 0.29) is 0 Å². The standard InChI is InChI=1S/C19H21F3N3/c20-19(21,22)15-5-7-17(8-6-15)25-11-9-16(10-12-25)24-18-4-2-1-3-14(18)13-23/h1-7,16,24H,9-13,23H2. The van der Waals surface area contributed by atoms with Gasteiger partial charge in [-0.1, -0.05) is 18.2 Å². The van der Waals surface area contributed by atoms with E-state index in [4.69, 9.17) is 5.73 Å². The Morgan fingerprint density at radius 3 is 2.44 bits per heavy atom. The van der Waals surface area contributed by atoms with Gasteiger partial charge in [0.05, 0.1) is 5.56 Å². The number of hydrogen-bond donors (Lipinski definition) is 2. The minimum atomic E-state index is -4.32. The highest BCUT2D eigenvalue weighted by molar-refractivity contribution is 5.52. The fraction of sp³-hybridized carbons (Fsp3) is 0.368. The summed E-state index contributed by atoms with van der Waals surface area (Å²) in [7, 11) is 0. The first-order valence-electron chi connectivity index (χ1n) is 8.36. The Bertz CT molecular complexity index is 690. The maximum atomic E-state index is 12.6. The molecule has 0 atom stereocenters. The van der Waals surface area contributed by atoms with Crippen molar-refractivity contribution < 1.29 is 13.2 Å². The summed E-state index contributed by atoms with van der Waals surface area (Å²) in [6, 6.07) is 14.7. The van der Waals surface area contributed by atoms with Gasteiger partial charge < -0.3 is 16.0 Å². The Kier molecular flexibility index (Phi) is 5.18. The number of piperidine rings is 1. The van der Waals surface area contributed by atoms with Gasteiger partial charge in [-0.15, -0.1) is 0 Å². The van der Waals surface area contributed by atoms with Crippen molar-refractivity contribution in [1.82, 2.24) is 0 Å². The summed E-state index contributed by atoms with van der Waals surface area (Å²) in [5.74, 6) is 0. The van der Waals surface area contributed by atoms with Crippen molar-refractivity contribution >= 4 is 11.4 Å². The van der Waals surface area contributed by atoms with Crippen LogP contribution in [0.15, 0.2) is 42.5 Å². The molecule has 1 fully saturated rings. The van der Waals surface area contributed by atoms with Crippen molar-refractivity contribution in [3.05, 3.63) is 59.7 Å². The first-order valence-corrected chi connectivity index (χ1v) is 8.36. The van der Waals surface area contributed by atoms with Crippen LogP contribution in [0.25, 0.3) is 0 Å². The van der Waals surface area contributed by atoms with Gasteiger partial charge in [0, 0.05) is 43.1 Å². The monoisotopic (exact) mass is 348 g/mol. The number of anilines is 2. The molecular formula is C19H21F3N3. The summed E-state index contributed by atoms with van der Waals surface area (Å²) in [6.45, 7) is 2.05. The van der Waals surface area contributed by atoms with Crippen molar-refractivity contribution in [2.75, 3.05) is 23.3 Å². The predicted molar refractivity (Wildman–Crippen MR) is 93.5 cm³/mol. The normalized spacial score (nSPS) is 16.1. The zero-order valence-electron chi connectivity index (χ0n) is 13.8. The molecule has 0 spiro atoms. The lowest BCUT2D eigenvalue weighted by molar-refractivity contribution is -0.137. The molecule has 1 heterocycles. The molecule has 0 aliphatic carbocycles. The number of nitrogens with one attached hydrogen (secondary N) is 1. The molecule has 1 saturated heterocycles. The zero-order valence-corrected chi connectivity index (χ0v) is 13.8. The Morgan fingerprint density at radius 1 is 1.12 bits per heavy atom. The molecule has 1 radical (unpaired) electrons. The fourth-order valence-electron chi connectivity index (χ4n) is 3.11. The SMILES string of the molecule is NCc1ccccc1NC1CCN(c2[c]cc(C(F)(F)F)cc2)CC1. The van der Waals surface area contributed by atoms with E-state index in [9.17, 15) is 13.2 Å². The van der Waals surface area contributed by atoms with Crippen LogP contribution in [-0.4, -0.2) is 19.1 Å². The maximum absolute atomic E-state index is 12.6. The first-order chi connectivity index (χ1) is 12.0. The number of nitrogens with two attached hydrogens (primary N) is 1. The Morgan fingerprint density at radius 2 is 1.84 bits per heavy atom. The smallest absolute Gasteiger partial charge is 0.382 e. The highest BCUT2D eigenvalue weighted by Gasteiger charge is 2.30. The van der Waals surface area contributed by atoms with Gasteiger partial charge in [-0.3, -0.25) is 0 Å². The van der Waals surface area contributed by atoms with E-state index in [1.165, 1.54) is 6.07 Å². The van der Waals surface area contributed by atoms with Crippen molar-refractivity contribution in [1.29, 1.82) is 0 Å². The Hall–Kier alpha value is -2.21. The molecule has 0 bridgehead atoms. The molecule has 25 heavy (non-hydrogen) atoms. The quantitative estimate of drug-likeness (QED) is 0.876. The molecule has 3 N–H and O–H groups in total. The second-order valence-electron chi connectivity index (χ2n) is 6.23. The molecule has 0 aromatic heterocycles. The summed E-state index contributed by atoms with van der Waals surface area (Å²) in [5, 5.41) is 3.54. The van der Waals surface area contributed by atoms with Crippen LogP contribution in [0.2, 0.25) is 0 Å². The summed E-state index contributed by atoms with van der Waals surface area (Å²) in [5.41, 5.74) is 7.96. The lowest BCUT2D eigenvalue weighted by Gasteiger charge is -2.34. The molecule has 133 valence electrons. The number of alkyl halides is 3. The molecule has 3 nitrogen and oxygen atoms in total. The minimum Gasteiger partial charge on any atom is -0.382 e. The fourth-order valence-corrected chi connectivity index (χ4v) is 3.11. The molecule has 1 aliphatic rings. The van der Waals surface area contributed by atoms with Gasteiger partial charge in [0.15, 0.2) is 0 Å². The van der Waals surface area contributed by atoms with Crippen LogP contribution < -0.4 is 16.0 Å². The molecule has 3 rings (SSSR count). The van der Waals surface area contributed by atoms with E-state index in [0.29, 0.717) is 18.3 Å². The third-order valence-electron chi connectivity index (χ3n) is 4.56. The topological polar surface area (TPSA) is 41.3 Å². The van der Waals surface area contributed by atoms with E-state index in [0.717, 1.165) is 49.3 Å². The highest BCUT2D eigenvalue weighted by Crippen LogP contribution is 2.31. The molecule has 6 heteroatoms. The molecule has 1 aliphatic heterocycles. The second kappa shape index (κ2) is 7.35. The van der Waals surface area contributed by atoms with Gasteiger partial charge in [0.2, 0.25) is 0 Å². The number of halogens is 3. The second-order valence-corrected chi connectivity index (χ2v) is 6.23. The van der Waals surface area contributed by atoms with Crippen molar-refractivity contribution in [2.24, 2.45) is 5.73 Å². The molecular weight excluding hydrogens is 327 g/mol. The molecule has 0 unspecified atom stereocenters. The van der Waals surface area contributed by atoms with Crippen LogP contribution in [-0.2, 0) is 12.7 Å². The molecule has 2 aromatic carbocycles. The predicted octanol–water partition coefficient (Wildman–Crippen LogP) is 4.05. The third kappa shape index (κ3) is 4.25. The minimum absolute atomic E-state index is 0.332. The zero-order chi connectivity index (χ0) is 17.9. The lowest BCUT2D eigenvalue weighted by Crippen LogP contribution is -2.39. The number of para-hydroxylation sites is 1. The Labute approximate surface area is 145 Å². The van der Waals surface area contributed by atoms with Crippen LogP contribution in [0.1, 0.15) is 24.0 Å². The average molecular weight is 348 g/mol. The van der Waals surface area contributed by atoms with Gasteiger partial charge in [-0.25, -0.2) is 0 Å². The summed E-state index contributed by atoms with van der Waals surface area (Å²) in [4.78, 5) is 2.08. The van der Waals surface area contributed by atoms with E-state index >= 15 is 0 Å².